The molecule has 0 fully saturated rings. The van der Waals surface area contributed by atoms with Crippen molar-refractivity contribution >= 4 is 44.1 Å². The third-order valence-electron chi connectivity index (χ3n) is 3.48. The van der Waals surface area contributed by atoms with E-state index in [0.717, 1.165) is 26.7 Å². The standard InChI is InChI=1S/C18H17BrN2O2S/c1-18(2,3)24(22)20-11-12-7-4-5-8-13(12)16-14-9-6-10-15(19)17(14)23-21-16/h4-11H,1-3H3/b20-11+/t24-/m0/s1. The van der Waals surface area contributed by atoms with Gasteiger partial charge in [0.05, 0.1) is 14.6 Å². The fraction of sp³-hybridized carbons (Fsp3) is 0.222. The van der Waals surface area contributed by atoms with Gasteiger partial charge in [-0.25, -0.2) is 4.21 Å². The van der Waals surface area contributed by atoms with E-state index in [1.807, 2.05) is 63.2 Å². The van der Waals surface area contributed by atoms with Crippen LogP contribution in [-0.4, -0.2) is 20.3 Å². The average molecular weight is 405 g/mol. The van der Waals surface area contributed by atoms with E-state index in [9.17, 15) is 4.21 Å². The van der Waals surface area contributed by atoms with Crippen LogP contribution in [0.2, 0.25) is 0 Å². The highest BCUT2D eigenvalue weighted by Gasteiger charge is 2.19. The molecule has 1 aromatic heterocycles. The zero-order valence-electron chi connectivity index (χ0n) is 13.6. The second-order valence-corrected chi connectivity index (χ2v) is 9.12. The number of para-hydroxylation sites is 1. The van der Waals surface area contributed by atoms with Crippen LogP contribution >= 0.6 is 15.9 Å². The summed E-state index contributed by atoms with van der Waals surface area (Å²) in [5, 5.41) is 5.14. The van der Waals surface area contributed by atoms with E-state index in [0.29, 0.717) is 5.58 Å². The van der Waals surface area contributed by atoms with Crippen LogP contribution in [0.15, 0.2) is 55.9 Å². The molecule has 2 aromatic carbocycles. The van der Waals surface area contributed by atoms with E-state index in [2.05, 4.69) is 25.5 Å². The van der Waals surface area contributed by atoms with Gasteiger partial charge in [0.2, 0.25) is 0 Å². The van der Waals surface area contributed by atoms with Gasteiger partial charge in [0, 0.05) is 17.3 Å². The summed E-state index contributed by atoms with van der Waals surface area (Å²) in [4.78, 5) is 0. The summed E-state index contributed by atoms with van der Waals surface area (Å²) in [5.41, 5.74) is 3.20. The fourth-order valence-corrected chi connectivity index (χ4v) is 3.17. The van der Waals surface area contributed by atoms with Gasteiger partial charge in [0.25, 0.3) is 0 Å². The largest absolute Gasteiger partial charge is 0.354 e. The Morgan fingerprint density at radius 2 is 1.92 bits per heavy atom. The normalized spacial score (nSPS) is 13.7. The van der Waals surface area contributed by atoms with E-state index in [1.165, 1.54) is 0 Å². The van der Waals surface area contributed by atoms with Crippen molar-refractivity contribution in [2.24, 2.45) is 4.40 Å². The van der Waals surface area contributed by atoms with Gasteiger partial charge in [0.15, 0.2) is 5.58 Å². The Morgan fingerprint density at radius 1 is 1.17 bits per heavy atom. The molecule has 0 N–H and O–H groups in total. The lowest BCUT2D eigenvalue weighted by molar-refractivity contribution is 0.458. The van der Waals surface area contributed by atoms with Gasteiger partial charge in [-0.2, -0.15) is 4.40 Å². The monoisotopic (exact) mass is 404 g/mol. The first kappa shape index (κ1) is 17.0. The molecule has 0 saturated carbocycles. The molecular formula is C18H17BrN2O2S. The summed E-state index contributed by atoms with van der Waals surface area (Å²) in [6.45, 7) is 5.69. The number of benzene rings is 2. The van der Waals surface area contributed by atoms with Crippen molar-refractivity contribution in [2.75, 3.05) is 0 Å². The minimum Gasteiger partial charge on any atom is -0.354 e. The van der Waals surface area contributed by atoms with Crippen molar-refractivity contribution in [2.45, 2.75) is 25.5 Å². The lowest BCUT2D eigenvalue weighted by Crippen LogP contribution is -2.19. The smallest absolute Gasteiger partial charge is 0.181 e. The van der Waals surface area contributed by atoms with Crippen molar-refractivity contribution < 1.29 is 8.73 Å². The maximum Gasteiger partial charge on any atom is 0.181 e. The molecule has 4 nitrogen and oxygen atoms in total. The lowest BCUT2D eigenvalue weighted by atomic mass is 10.0. The molecule has 0 aliphatic rings. The van der Waals surface area contributed by atoms with E-state index >= 15 is 0 Å². The van der Waals surface area contributed by atoms with E-state index < -0.39 is 15.7 Å². The minimum absolute atomic E-state index is 0.392. The van der Waals surface area contributed by atoms with Crippen molar-refractivity contribution in [3.05, 3.63) is 52.5 Å². The minimum atomic E-state index is -1.31. The van der Waals surface area contributed by atoms with Crippen molar-refractivity contribution in [1.29, 1.82) is 0 Å². The molecule has 1 atom stereocenters. The van der Waals surface area contributed by atoms with Gasteiger partial charge in [-0.05, 0) is 48.8 Å². The molecule has 0 aliphatic carbocycles. The zero-order valence-corrected chi connectivity index (χ0v) is 16.0. The number of hydrogen-bond acceptors (Lipinski definition) is 3. The third-order valence-corrected chi connectivity index (χ3v) is 5.45. The summed E-state index contributed by atoms with van der Waals surface area (Å²) in [7, 11) is -1.31. The Bertz CT molecular complexity index is 942. The topological polar surface area (TPSA) is 55.5 Å². The van der Waals surface area contributed by atoms with Crippen LogP contribution in [-0.2, 0) is 11.0 Å². The molecule has 6 heteroatoms. The summed E-state index contributed by atoms with van der Waals surface area (Å²) in [6.07, 6.45) is 1.65. The molecule has 0 unspecified atom stereocenters. The lowest BCUT2D eigenvalue weighted by Gasteiger charge is -2.12. The number of nitrogens with zero attached hydrogens (tertiary/aromatic N) is 2. The fourth-order valence-electron chi connectivity index (χ4n) is 2.21. The third kappa shape index (κ3) is 3.35. The van der Waals surface area contributed by atoms with Gasteiger partial charge in [-0.1, -0.05) is 35.5 Å². The van der Waals surface area contributed by atoms with Crippen molar-refractivity contribution in [1.82, 2.24) is 5.16 Å². The highest BCUT2D eigenvalue weighted by atomic mass is 79.9. The second kappa shape index (κ2) is 6.61. The molecule has 3 aromatic rings. The van der Waals surface area contributed by atoms with Crippen molar-refractivity contribution in [3.63, 3.8) is 0 Å². The molecule has 0 bridgehead atoms. The second-order valence-electron chi connectivity index (χ2n) is 6.33. The molecule has 3 rings (SSSR count). The number of fused-ring (bicyclic) bond motifs is 1. The van der Waals surface area contributed by atoms with Crippen LogP contribution in [0.3, 0.4) is 0 Å². The maximum absolute atomic E-state index is 12.2. The summed E-state index contributed by atoms with van der Waals surface area (Å²) >= 11 is 3.47. The Hall–Kier alpha value is -1.79. The SMILES string of the molecule is CC(C)(C)[S@](=O)/N=C/c1ccccc1-c1noc2c(Br)cccc12. The number of rotatable bonds is 3. The predicted octanol–water partition coefficient (Wildman–Crippen LogP) is 5.14. The summed E-state index contributed by atoms with van der Waals surface area (Å²) < 4.78 is 22.3. The number of aromatic nitrogens is 1. The predicted molar refractivity (Wildman–Crippen MR) is 103 cm³/mol. The van der Waals surface area contributed by atoms with Gasteiger partial charge in [0.1, 0.15) is 16.7 Å². The van der Waals surface area contributed by atoms with Crippen LogP contribution in [0.1, 0.15) is 26.3 Å². The van der Waals surface area contributed by atoms with E-state index in [-0.39, 0.29) is 0 Å². The molecular weight excluding hydrogens is 388 g/mol. The molecule has 0 aliphatic heterocycles. The molecule has 124 valence electrons. The number of hydrogen-bond donors (Lipinski definition) is 0. The molecule has 1 heterocycles. The molecule has 0 saturated heterocycles. The van der Waals surface area contributed by atoms with Gasteiger partial charge in [-0.15, -0.1) is 0 Å². The maximum atomic E-state index is 12.2. The summed E-state index contributed by atoms with van der Waals surface area (Å²) in [5.74, 6) is 0. The van der Waals surface area contributed by atoms with Crippen LogP contribution in [0.4, 0.5) is 0 Å². The molecule has 24 heavy (non-hydrogen) atoms. The van der Waals surface area contributed by atoms with Crippen LogP contribution in [0.5, 0.6) is 0 Å². The Morgan fingerprint density at radius 3 is 2.67 bits per heavy atom. The Balaban J connectivity index is 2.08. The highest BCUT2D eigenvalue weighted by Crippen LogP contribution is 2.33. The van der Waals surface area contributed by atoms with Crippen molar-refractivity contribution in [3.8, 4) is 11.3 Å². The van der Waals surface area contributed by atoms with E-state index in [1.54, 1.807) is 6.21 Å². The van der Waals surface area contributed by atoms with Gasteiger partial charge < -0.3 is 4.52 Å². The zero-order chi connectivity index (χ0) is 17.3. The first-order chi connectivity index (χ1) is 11.4. The molecule has 0 radical (unpaired) electrons. The first-order valence-electron chi connectivity index (χ1n) is 7.47. The van der Waals surface area contributed by atoms with E-state index in [4.69, 9.17) is 4.52 Å². The van der Waals surface area contributed by atoms with Crippen LogP contribution in [0.25, 0.3) is 22.2 Å². The highest BCUT2D eigenvalue weighted by molar-refractivity contribution is 9.10. The molecule has 0 amide bonds. The quantitative estimate of drug-likeness (QED) is 0.567. The van der Waals surface area contributed by atoms with Gasteiger partial charge in [-0.3, -0.25) is 0 Å². The Kier molecular flexibility index (Phi) is 4.69. The molecule has 0 spiro atoms. The number of halogens is 1. The van der Waals surface area contributed by atoms with Gasteiger partial charge >= 0.3 is 0 Å². The Labute approximate surface area is 151 Å². The summed E-state index contributed by atoms with van der Waals surface area (Å²) in [6, 6.07) is 13.6. The van der Waals surface area contributed by atoms with Crippen LogP contribution in [0, 0.1) is 0 Å². The van der Waals surface area contributed by atoms with Crippen LogP contribution < -0.4 is 0 Å². The average Bonchev–Trinajstić information content (AvgIpc) is 2.97. The first-order valence-corrected chi connectivity index (χ1v) is 9.37.